The predicted molar refractivity (Wildman–Crippen MR) is 64.1 cm³/mol. The van der Waals surface area contributed by atoms with Crippen LogP contribution < -0.4 is 11.1 Å². The normalized spacial score (nSPS) is 10.8. The first-order valence-electron chi connectivity index (χ1n) is 4.48. The highest BCUT2D eigenvalue weighted by molar-refractivity contribution is 7.98. The molecule has 1 amide bonds. The molecule has 0 saturated carbocycles. The largest absolute Gasteiger partial charge is 0.445 e. The number of halogens is 3. The van der Waals surface area contributed by atoms with E-state index in [4.69, 9.17) is 10.2 Å². The van der Waals surface area contributed by atoms with Crippen molar-refractivity contribution in [2.75, 3.05) is 19.3 Å². The standard InChI is InChI=1S/C9H12F2N2O2S.ClH/c1-16-7-3-2-6(15-7)8(14)13-5-9(10,11)4-12;/h2-3H,4-5,12H2,1H3,(H,13,14);1H. The summed E-state index contributed by atoms with van der Waals surface area (Å²) in [7, 11) is 0. The van der Waals surface area contributed by atoms with Crippen molar-refractivity contribution in [2.45, 2.75) is 11.0 Å². The predicted octanol–water partition coefficient (Wildman–Crippen LogP) is 1.75. The molecule has 0 aliphatic rings. The first-order chi connectivity index (χ1) is 7.48. The first kappa shape index (κ1) is 16.2. The fourth-order valence-electron chi connectivity index (χ4n) is 0.921. The average Bonchev–Trinajstić information content (AvgIpc) is 2.74. The molecule has 1 aromatic rings. The molecule has 17 heavy (non-hydrogen) atoms. The topological polar surface area (TPSA) is 68.3 Å². The third-order valence-electron chi connectivity index (χ3n) is 1.81. The van der Waals surface area contributed by atoms with Gasteiger partial charge >= 0.3 is 0 Å². The van der Waals surface area contributed by atoms with Crippen molar-refractivity contribution >= 4 is 30.1 Å². The second-order valence-electron chi connectivity index (χ2n) is 3.07. The van der Waals surface area contributed by atoms with Gasteiger partial charge in [-0.05, 0) is 18.4 Å². The zero-order valence-electron chi connectivity index (χ0n) is 9.04. The molecule has 1 aromatic heterocycles. The lowest BCUT2D eigenvalue weighted by molar-refractivity contribution is 0.0115. The van der Waals surface area contributed by atoms with Crippen LogP contribution in [0.3, 0.4) is 0 Å². The van der Waals surface area contributed by atoms with Crippen LogP contribution in [0.1, 0.15) is 10.6 Å². The Hall–Kier alpha value is -0.790. The highest BCUT2D eigenvalue weighted by Gasteiger charge is 2.27. The Balaban J connectivity index is 0.00000256. The summed E-state index contributed by atoms with van der Waals surface area (Å²) in [6.07, 6.45) is 1.78. The summed E-state index contributed by atoms with van der Waals surface area (Å²) >= 11 is 1.32. The maximum absolute atomic E-state index is 12.7. The molecule has 0 aromatic carbocycles. The van der Waals surface area contributed by atoms with Gasteiger partial charge in [-0.25, -0.2) is 8.78 Å². The number of hydrogen-bond donors (Lipinski definition) is 2. The Morgan fingerprint density at radius 2 is 2.24 bits per heavy atom. The van der Waals surface area contributed by atoms with Gasteiger partial charge in [0.25, 0.3) is 11.8 Å². The summed E-state index contributed by atoms with van der Waals surface area (Å²) in [5.41, 5.74) is 4.83. The molecule has 0 aliphatic heterocycles. The van der Waals surface area contributed by atoms with Crippen LogP contribution in [0.5, 0.6) is 0 Å². The molecule has 4 nitrogen and oxygen atoms in total. The monoisotopic (exact) mass is 286 g/mol. The molecular formula is C9H13ClF2N2O2S. The Kier molecular flexibility index (Phi) is 6.51. The third kappa shape index (κ3) is 4.93. The molecule has 3 N–H and O–H groups in total. The SMILES string of the molecule is CSc1ccc(C(=O)NCC(F)(F)CN)o1.Cl. The van der Waals surface area contributed by atoms with Crippen LogP contribution >= 0.6 is 24.2 Å². The Morgan fingerprint density at radius 3 is 2.71 bits per heavy atom. The van der Waals surface area contributed by atoms with E-state index < -0.39 is 24.9 Å². The van der Waals surface area contributed by atoms with Gasteiger partial charge in [0, 0.05) is 0 Å². The highest BCUT2D eigenvalue weighted by Crippen LogP contribution is 2.18. The Bertz CT molecular complexity index is 374. The summed E-state index contributed by atoms with van der Waals surface area (Å²) in [4.78, 5) is 11.3. The van der Waals surface area contributed by atoms with Crippen LogP contribution in [-0.2, 0) is 0 Å². The van der Waals surface area contributed by atoms with E-state index in [1.807, 2.05) is 0 Å². The van der Waals surface area contributed by atoms with Gasteiger partial charge in [0.1, 0.15) is 0 Å². The van der Waals surface area contributed by atoms with E-state index in [1.165, 1.54) is 17.8 Å². The van der Waals surface area contributed by atoms with Crippen LogP contribution in [0.4, 0.5) is 8.78 Å². The summed E-state index contributed by atoms with van der Waals surface area (Å²) in [6, 6.07) is 3.03. The number of nitrogens with one attached hydrogen (secondary N) is 1. The summed E-state index contributed by atoms with van der Waals surface area (Å²) in [6.45, 7) is -1.60. The van der Waals surface area contributed by atoms with Gasteiger partial charge in [0.05, 0.1) is 13.1 Å². The van der Waals surface area contributed by atoms with Gasteiger partial charge in [-0.15, -0.1) is 12.4 Å². The number of thioether (sulfide) groups is 1. The molecule has 1 rings (SSSR count). The molecule has 0 fully saturated rings. The van der Waals surface area contributed by atoms with Crippen molar-refractivity contribution in [3.8, 4) is 0 Å². The zero-order valence-corrected chi connectivity index (χ0v) is 10.7. The molecule has 1 heterocycles. The quantitative estimate of drug-likeness (QED) is 0.809. The van der Waals surface area contributed by atoms with E-state index in [-0.39, 0.29) is 18.2 Å². The van der Waals surface area contributed by atoms with Crippen LogP contribution in [0.15, 0.2) is 21.6 Å². The number of furan rings is 1. The molecule has 98 valence electrons. The molecule has 0 spiro atoms. The first-order valence-corrected chi connectivity index (χ1v) is 5.71. The molecule has 0 bridgehead atoms. The summed E-state index contributed by atoms with van der Waals surface area (Å²) < 4.78 is 30.5. The van der Waals surface area contributed by atoms with Crippen molar-refractivity contribution in [1.82, 2.24) is 5.32 Å². The smallest absolute Gasteiger partial charge is 0.287 e. The van der Waals surface area contributed by atoms with Gasteiger partial charge in [-0.3, -0.25) is 4.79 Å². The minimum Gasteiger partial charge on any atom is -0.445 e. The van der Waals surface area contributed by atoms with E-state index in [9.17, 15) is 13.6 Å². The molecule has 0 saturated heterocycles. The van der Waals surface area contributed by atoms with Gasteiger partial charge in [0.15, 0.2) is 10.9 Å². The lowest BCUT2D eigenvalue weighted by Crippen LogP contribution is -2.41. The number of carbonyl (C=O) groups is 1. The second-order valence-corrected chi connectivity index (χ2v) is 3.88. The molecular weight excluding hydrogens is 274 g/mol. The Labute approximate surface area is 108 Å². The Morgan fingerprint density at radius 1 is 1.59 bits per heavy atom. The van der Waals surface area contributed by atoms with Gasteiger partial charge in [-0.1, -0.05) is 11.8 Å². The minimum atomic E-state index is -3.09. The molecule has 0 aliphatic carbocycles. The van der Waals surface area contributed by atoms with E-state index in [0.717, 1.165) is 0 Å². The van der Waals surface area contributed by atoms with Crippen LogP contribution in [0.2, 0.25) is 0 Å². The maximum Gasteiger partial charge on any atom is 0.287 e. The number of amides is 1. The number of carbonyl (C=O) groups excluding carboxylic acids is 1. The van der Waals surface area contributed by atoms with Crippen LogP contribution in [0.25, 0.3) is 0 Å². The number of rotatable bonds is 5. The van der Waals surface area contributed by atoms with Gasteiger partial charge in [-0.2, -0.15) is 0 Å². The van der Waals surface area contributed by atoms with Crippen molar-refractivity contribution in [3.63, 3.8) is 0 Å². The lowest BCUT2D eigenvalue weighted by Gasteiger charge is -2.13. The van der Waals surface area contributed by atoms with Crippen molar-refractivity contribution in [2.24, 2.45) is 5.73 Å². The fourth-order valence-corrected chi connectivity index (χ4v) is 1.30. The minimum absolute atomic E-state index is 0. The van der Waals surface area contributed by atoms with E-state index in [1.54, 1.807) is 12.3 Å². The fraction of sp³-hybridized carbons (Fsp3) is 0.444. The second kappa shape index (κ2) is 6.83. The van der Waals surface area contributed by atoms with Gasteiger partial charge in [0.2, 0.25) is 0 Å². The van der Waals surface area contributed by atoms with E-state index >= 15 is 0 Å². The molecule has 0 unspecified atom stereocenters. The van der Waals surface area contributed by atoms with Crippen LogP contribution in [0, 0.1) is 0 Å². The number of alkyl halides is 2. The van der Waals surface area contributed by atoms with Crippen molar-refractivity contribution < 1.29 is 18.0 Å². The van der Waals surface area contributed by atoms with Crippen LogP contribution in [-0.4, -0.2) is 31.2 Å². The lowest BCUT2D eigenvalue weighted by atomic mass is 10.3. The van der Waals surface area contributed by atoms with E-state index in [2.05, 4.69) is 5.32 Å². The summed E-state index contributed by atoms with van der Waals surface area (Å²) in [5, 5.41) is 2.61. The third-order valence-corrected chi connectivity index (χ3v) is 2.43. The van der Waals surface area contributed by atoms with Crippen molar-refractivity contribution in [3.05, 3.63) is 17.9 Å². The molecule has 0 radical (unpaired) electrons. The maximum atomic E-state index is 12.7. The molecule has 8 heteroatoms. The summed E-state index contributed by atoms with van der Waals surface area (Å²) in [5.74, 6) is -3.75. The number of nitrogens with two attached hydrogens (primary N) is 1. The number of hydrogen-bond acceptors (Lipinski definition) is 4. The highest BCUT2D eigenvalue weighted by atomic mass is 35.5. The molecule has 0 atom stereocenters. The van der Waals surface area contributed by atoms with Crippen molar-refractivity contribution in [1.29, 1.82) is 0 Å². The van der Waals surface area contributed by atoms with Gasteiger partial charge < -0.3 is 15.5 Å². The zero-order chi connectivity index (χ0) is 12.2. The average molecular weight is 287 g/mol. The van der Waals surface area contributed by atoms with E-state index in [0.29, 0.717) is 5.09 Å².